The maximum absolute atomic E-state index is 9.32. The van der Waals surface area contributed by atoms with Crippen LogP contribution < -0.4 is 10.6 Å². The molecule has 21 heavy (non-hydrogen) atoms. The van der Waals surface area contributed by atoms with Gasteiger partial charge in [-0.05, 0) is 49.1 Å². The lowest BCUT2D eigenvalue weighted by molar-refractivity contribution is 0.284. The van der Waals surface area contributed by atoms with E-state index in [0.717, 1.165) is 47.6 Å². The molecule has 0 atom stereocenters. The highest BCUT2D eigenvalue weighted by atomic mass is 16.2. The molecule has 0 fully saturated rings. The normalized spacial score (nSPS) is 11.6. The Hall–Kier alpha value is -2.51. The SMILES string of the molecule is N#Cc1ccc2c(c1CCCCO)Nc1ccccc1N2. The van der Waals surface area contributed by atoms with Crippen LogP contribution in [0, 0.1) is 11.3 Å². The van der Waals surface area contributed by atoms with Gasteiger partial charge < -0.3 is 15.7 Å². The van der Waals surface area contributed by atoms with Gasteiger partial charge in [-0.15, -0.1) is 0 Å². The molecule has 0 saturated carbocycles. The van der Waals surface area contributed by atoms with Crippen LogP contribution in [0.25, 0.3) is 0 Å². The Bertz CT molecular complexity index is 704. The first kappa shape index (κ1) is 13.5. The highest BCUT2D eigenvalue weighted by Gasteiger charge is 2.19. The van der Waals surface area contributed by atoms with Crippen LogP contribution in [0.4, 0.5) is 22.7 Å². The van der Waals surface area contributed by atoms with Gasteiger partial charge in [-0.1, -0.05) is 12.1 Å². The van der Waals surface area contributed by atoms with Gasteiger partial charge in [0.2, 0.25) is 0 Å². The zero-order chi connectivity index (χ0) is 14.7. The van der Waals surface area contributed by atoms with Crippen molar-refractivity contribution in [1.82, 2.24) is 0 Å². The van der Waals surface area contributed by atoms with Gasteiger partial charge in [0.05, 0.1) is 34.4 Å². The Morgan fingerprint density at radius 3 is 2.43 bits per heavy atom. The Morgan fingerprint density at radius 2 is 1.71 bits per heavy atom. The third kappa shape index (κ3) is 2.56. The second-order valence-electron chi connectivity index (χ2n) is 5.10. The van der Waals surface area contributed by atoms with Gasteiger partial charge in [-0.3, -0.25) is 0 Å². The number of hydrogen-bond acceptors (Lipinski definition) is 4. The summed E-state index contributed by atoms with van der Waals surface area (Å²) in [5, 5.41) is 25.1. The van der Waals surface area contributed by atoms with Crippen molar-refractivity contribution in [2.45, 2.75) is 19.3 Å². The lowest BCUT2D eigenvalue weighted by Crippen LogP contribution is -2.10. The zero-order valence-corrected chi connectivity index (χ0v) is 11.7. The Kier molecular flexibility index (Phi) is 3.76. The molecule has 3 rings (SSSR count). The number of nitrogens with zero attached hydrogens (tertiary/aromatic N) is 1. The summed E-state index contributed by atoms with van der Waals surface area (Å²) in [5.74, 6) is 0. The van der Waals surface area contributed by atoms with Crippen LogP contribution in [0.15, 0.2) is 36.4 Å². The number of unbranched alkanes of at least 4 members (excludes halogenated alkanes) is 1. The van der Waals surface area contributed by atoms with Crippen molar-refractivity contribution < 1.29 is 5.11 Å². The minimum Gasteiger partial charge on any atom is -0.396 e. The quantitative estimate of drug-likeness (QED) is 0.637. The second-order valence-corrected chi connectivity index (χ2v) is 5.10. The average molecular weight is 279 g/mol. The highest BCUT2D eigenvalue weighted by Crippen LogP contribution is 2.41. The monoisotopic (exact) mass is 279 g/mol. The molecule has 4 heteroatoms. The van der Waals surface area contributed by atoms with Crippen LogP contribution in [0.5, 0.6) is 0 Å². The molecule has 0 aromatic heterocycles. The summed E-state index contributed by atoms with van der Waals surface area (Å²) in [6, 6.07) is 14.1. The maximum Gasteiger partial charge on any atom is 0.0995 e. The minimum absolute atomic E-state index is 0.186. The molecule has 106 valence electrons. The third-order valence-electron chi connectivity index (χ3n) is 3.72. The van der Waals surface area contributed by atoms with E-state index in [1.54, 1.807) is 0 Å². The minimum atomic E-state index is 0.186. The van der Waals surface area contributed by atoms with Crippen LogP contribution in [-0.4, -0.2) is 11.7 Å². The molecule has 1 aliphatic heterocycles. The topological polar surface area (TPSA) is 68.1 Å². The number of anilines is 4. The molecule has 0 radical (unpaired) electrons. The predicted molar refractivity (Wildman–Crippen MR) is 84.2 cm³/mol. The van der Waals surface area contributed by atoms with E-state index in [4.69, 9.17) is 5.11 Å². The summed E-state index contributed by atoms with van der Waals surface area (Å²) < 4.78 is 0. The van der Waals surface area contributed by atoms with Gasteiger partial charge in [0.1, 0.15) is 0 Å². The fourth-order valence-electron chi connectivity index (χ4n) is 2.65. The summed E-state index contributed by atoms with van der Waals surface area (Å²) in [6.45, 7) is 0.186. The van der Waals surface area contributed by atoms with Crippen molar-refractivity contribution in [1.29, 1.82) is 5.26 Å². The van der Waals surface area contributed by atoms with E-state index in [0.29, 0.717) is 5.56 Å². The number of benzene rings is 2. The Labute approximate surface area is 124 Å². The molecule has 0 aliphatic carbocycles. The summed E-state index contributed by atoms with van der Waals surface area (Å²) >= 11 is 0. The Balaban J connectivity index is 1.99. The van der Waals surface area contributed by atoms with Gasteiger partial charge >= 0.3 is 0 Å². The van der Waals surface area contributed by atoms with Crippen LogP contribution in [0.3, 0.4) is 0 Å². The molecule has 0 unspecified atom stereocenters. The molecule has 2 aromatic carbocycles. The van der Waals surface area contributed by atoms with Crippen molar-refractivity contribution in [3.8, 4) is 6.07 Å². The van der Waals surface area contributed by atoms with Gasteiger partial charge in [-0.2, -0.15) is 5.26 Å². The number of aliphatic hydroxyl groups is 1. The lowest BCUT2D eigenvalue weighted by Gasteiger charge is -2.25. The molecule has 0 amide bonds. The van der Waals surface area contributed by atoms with E-state index in [1.807, 2.05) is 36.4 Å². The van der Waals surface area contributed by atoms with Crippen LogP contribution >= 0.6 is 0 Å². The number of nitriles is 1. The molecule has 0 bridgehead atoms. The summed E-state index contributed by atoms with van der Waals surface area (Å²) in [7, 11) is 0. The molecule has 4 nitrogen and oxygen atoms in total. The number of nitrogens with one attached hydrogen (secondary N) is 2. The van der Waals surface area contributed by atoms with E-state index < -0.39 is 0 Å². The Morgan fingerprint density at radius 1 is 0.952 bits per heavy atom. The van der Waals surface area contributed by atoms with Crippen LogP contribution in [0.1, 0.15) is 24.0 Å². The molecular weight excluding hydrogens is 262 g/mol. The largest absolute Gasteiger partial charge is 0.396 e. The first-order valence-electron chi connectivity index (χ1n) is 7.13. The molecule has 1 aliphatic rings. The smallest absolute Gasteiger partial charge is 0.0995 e. The van der Waals surface area contributed by atoms with Gasteiger partial charge in [0, 0.05) is 6.61 Å². The molecule has 2 aromatic rings. The van der Waals surface area contributed by atoms with E-state index in [2.05, 4.69) is 16.7 Å². The first-order valence-corrected chi connectivity index (χ1v) is 7.13. The fourth-order valence-corrected chi connectivity index (χ4v) is 2.65. The standard InChI is InChI=1S/C17H17N3O/c18-11-12-8-9-16-17(13(12)5-3-4-10-21)20-15-7-2-1-6-14(15)19-16/h1-2,6-9,19-21H,3-5,10H2. The van der Waals surface area contributed by atoms with Crippen molar-refractivity contribution in [3.05, 3.63) is 47.5 Å². The van der Waals surface area contributed by atoms with E-state index in [9.17, 15) is 5.26 Å². The van der Waals surface area contributed by atoms with Crippen LogP contribution in [-0.2, 0) is 6.42 Å². The third-order valence-corrected chi connectivity index (χ3v) is 3.72. The fraction of sp³-hybridized carbons (Fsp3) is 0.235. The molecule has 1 heterocycles. The molecule has 0 saturated heterocycles. The van der Waals surface area contributed by atoms with Gasteiger partial charge in [0.15, 0.2) is 0 Å². The number of para-hydroxylation sites is 2. The predicted octanol–water partition coefficient (Wildman–Crippen LogP) is 3.67. The summed E-state index contributed by atoms with van der Waals surface area (Å²) in [5.41, 5.74) is 5.74. The zero-order valence-electron chi connectivity index (χ0n) is 11.7. The van der Waals surface area contributed by atoms with Crippen molar-refractivity contribution >= 4 is 22.7 Å². The van der Waals surface area contributed by atoms with E-state index in [-0.39, 0.29) is 6.61 Å². The van der Waals surface area contributed by atoms with Crippen molar-refractivity contribution in [2.24, 2.45) is 0 Å². The molecule has 0 spiro atoms. The van der Waals surface area contributed by atoms with E-state index >= 15 is 0 Å². The van der Waals surface area contributed by atoms with Gasteiger partial charge in [0.25, 0.3) is 0 Å². The number of hydrogen-bond donors (Lipinski definition) is 3. The number of rotatable bonds is 4. The molecule has 3 N–H and O–H groups in total. The average Bonchev–Trinajstić information content (AvgIpc) is 2.53. The van der Waals surface area contributed by atoms with E-state index in [1.165, 1.54) is 0 Å². The first-order chi connectivity index (χ1) is 10.3. The van der Waals surface area contributed by atoms with Crippen molar-refractivity contribution in [3.63, 3.8) is 0 Å². The highest BCUT2D eigenvalue weighted by molar-refractivity contribution is 5.92. The summed E-state index contributed by atoms with van der Waals surface area (Å²) in [6.07, 6.45) is 2.40. The number of aliphatic hydroxyl groups excluding tert-OH is 1. The number of fused-ring (bicyclic) bond motifs is 2. The lowest BCUT2D eigenvalue weighted by atomic mass is 9.97. The van der Waals surface area contributed by atoms with Crippen LogP contribution in [0.2, 0.25) is 0 Å². The van der Waals surface area contributed by atoms with Gasteiger partial charge in [-0.25, -0.2) is 0 Å². The second kappa shape index (κ2) is 5.86. The molecular formula is C17H17N3O. The maximum atomic E-state index is 9.32. The summed E-state index contributed by atoms with van der Waals surface area (Å²) in [4.78, 5) is 0. The van der Waals surface area contributed by atoms with Crippen molar-refractivity contribution in [2.75, 3.05) is 17.2 Å².